The summed E-state index contributed by atoms with van der Waals surface area (Å²) in [4.78, 5) is 21.9. The van der Waals surface area contributed by atoms with Crippen LogP contribution in [0.3, 0.4) is 0 Å². The number of hydrogen-bond donors (Lipinski definition) is 3. The van der Waals surface area contributed by atoms with E-state index in [1.807, 2.05) is 0 Å². The van der Waals surface area contributed by atoms with Crippen LogP contribution in [0.25, 0.3) is 0 Å². The molecule has 0 saturated carbocycles. The summed E-state index contributed by atoms with van der Waals surface area (Å²) in [6.45, 7) is 0.396. The molecule has 0 aliphatic rings. The zero-order valence-corrected chi connectivity index (χ0v) is 12.1. The van der Waals surface area contributed by atoms with Crippen LogP contribution in [0.1, 0.15) is 16.8 Å². The number of rotatable bonds is 7. The second kappa shape index (κ2) is 6.99. The molecule has 21 heavy (non-hydrogen) atoms. The fraction of sp³-hybridized carbons (Fsp3) is 0.364. The summed E-state index contributed by atoms with van der Waals surface area (Å²) in [7, 11) is -3.26. The first-order valence-electron chi connectivity index (χ1n) is 5.98. The summed E-state index contributed by atoms with van der Waals surface area (Å²) in [5, 5.41) is 13.2. The number of amides is 1. The van der Waals surface area contributed by atoms with Gasteiger partial charge in [0.15, 0.2) is 0 Å². The second-order valence-corrected chi connectivity index (χ2v) is 6.10. The van der Waals surface area contributed by atoms with Gasteiger partial charge in [0.1, 0.15) is 5.69 Å². The lowest BCUT2D eigenvalue weighted by atomic mass is 10.1. The fourth-order valence-corrected chi connectivity index (χ4v) is 2.07. The van der Waals surface area contributed by atoms with Gasteiger partial charge < -0.3 is 11.1 Å². The first kappa shape index (κ1) is 16.9. The van der Waals surface area contributed by atoms with Gasteiger partial charge >= 0.3 is 0 Å². The average Bonchev–Trinajstić information content (AvgIpc) is 2.36. The minimum absolute atomic E-state index is 0.0141. The smallest absolute Gasteiger partial charge is 0.292 e. The summed E-state index contributed by atoms with van der Waals surface area (Å²) < 4.78 is 23.9. The van der Waals surface area contributed by atoms with Crippen molar-refractivity contribution in [2.45, 2.75) is 6.42 Å². The Morgan fingerprint density at radius 1 is 1.38 bits per heavy atom. The van der Waals surface area contributed by atoms with E-state index in [-0.39, 0.29) is 30.0 Å². The van der Waals surface area contributed by atoms with Crippen LogP contribution in [0.5, 0.6) is 0 Å². The summed E-state index contributed by atoms with van der Waals surface area (Å²) in [6, 6.07) is 3.96. The third-order valence-corrected chi connectivity index (χ3v) is 3.26. The highest BCUT2D eigenvalue weighted by Gasteiger charge is 2.18. The first-order valence-corrected chi connectivity index (χ1v) is 7.87. The predicted octanol–water partition coefficient (Wildman–Crippen LogP) is -0.154. The highest BCUT2D eigenvalue weighted by Crippen LogP contribution is 2.24. The van der Waals surface area contributed by atoms with Gasteiger partial charge in [0.05, 0.1) is 16.7 Å². The largest absolute Gasteiger partial charge is 0.393 e. The normalized spacial score (nSPS) is 11.1. The molecule has 0 bridgehead atoms. The van der Waals surface area contributed by atoms with Gasteiger partial charge in [-0.2, -0.15) is 0 Å². The molecule has 4 N–H and O–H groups in total. The van der Waals surface area contributed by atoms with Gasteiger partial charge in [-0.1, -0.05) is 6.07 Å². The molecule has 1 aromatic rings. The number of nitrogens with two attached hydrogens (primary N) is 1. The van der Waals surface area contributed by atoms with Gasteiger partial charge in [-0.05, 0) is 12.5 Å². The molecule has 0 atom stereocenters. The fourth-order valence-electron chi connectivity index (χ4n) is 1.55. The Kier molecular flexibility index (Phi) is 5.61. The lowest BCUT2D eigenvalue weighted by molar-refractivity contribution is -0.383. The molecule has 9 nitrogen and oxygen atoms in total. The Morgan fingerprint density at radius 3 is 2.62 bits per heavy atom. The van der Waals surface area contributed by atoms with Crippen LogP contribution in [0, 0.1) is 10.1 Å². The molecular formula is C11H16N4O5S. The van der Waals surface area contributed by atoms with Crippen molar-refractivity contribution in [3.05, 3.63) is 33.9 Å². The monoisotopic (exact) mass is 316 g/mol. The highest BCUT2D eigenvalue weighted by atomic mass is 32.2. The van der Waals surface area contributed by atoms with Gasteiger partial charge in [-0.15, -0.1) is 0 Å². The zero-order chi connectivity index (χ0) is 16.0. The van der Waals surface area contributed by atoms with E-state index < -0.39 is 20.9 Å². The standard InChI is InChI=1S/C11H16N4O5S/c1-21(19,20)14-7-3-6-13-11(16)8-4-2-5-9(10(8)12)15(17)18/h2,4-5,14H,3,6-7,12H2,1H3,(H,13,16). The van der Waals surface area contributed by atoms with E-state index in [0.29, 0.717) is 6.42 Å². The number of anilines is 1. The van der Waals surface area contributed by atoms with Crippen LogP contribution in [0.4, 0.5) is 11.4 Å². The number of hydrogen-bond acceptors (Lipinski definition) is 6. The molecule has 10 heteroatoms. The van der Waals surface area contributed by atoms with Crippen molar-refractivity contribution in [3.63, 3.8) is 0 Å². The Balaban J connectivity index is 2.57. The van der Waals surface area contributed by atoms with Crippen LogP contribution in [0.2, 0.25) is 0 Å². The second-order valence-electron chi connectivity index (χ2n) is 4.27. The third-order valence-electron chi connectivity index (χ3n) is 2.53. The quantitative estimate of drug-likeness (QED) is 0.276. The maximum absolute atomic E-state index is 11.8. The minimum Gasteiger partial charge on any atom is -0.393 e. The van der Waals surface area contributed by atoms with Crippen molar-refractivity contribution in [3.8, 4) is 0 Å². The average molecular weight is 316 g/mol. The van der Waals surface area contributed by atoms with Gasteiger partial charge in [0.25, 0.3) is 11.6 Å². The maximum atomic E-state index is 11.8. The van der Waals surface area contributed by atoms with Gasteiger partial charge in [0.2, 0.25) is 10.0 Å². The molecule has 116 valence electrons. The maximum Gasteiger partial charge on any atom is 0.292 e. The van der Waals surface area contributed by atoms with Gasteiger partial charge in [0, 0.05) is 19.2 Å². The molecule has 0 aliphatic heterocycles. The molecule has 0 unspecified atom stereocenters. The van der Waals surface area contributed by atoms with Crippen molar-refractivity contribution < 1.29 is 18.1 Å². The van der Waals surface area contributed by atoms with Crippen LogP contribution >= 0.6 is 0 Å². The van der Waals surface area contributed by atoms with Crippen LogP contribution in [-0.4, -0.2) is 38.6 Å². The van der Waals surface area contributed by atoms with Crippen molar-refractivity contribution >= 4 is 27.3 Å². The van der Waals surface area contributed by atoms with Gasteiger partial charge in [-0.3, -0.25) is 14.9 Å². The highest BCUT2D eigenvalue weighted by molar-refractivity contribution is 7.88. The van der Waals surface area contributed by atoms with Crippen molar-refractivity contribution in [1.29, 1.82) is 0 Å². The number of carbonyl (C=O) groups is 1. The number of sulfonamides is 1. The summed E-state index contributed by atoms with van der Waals surface area (Å²) >= 11 is 0. The lowest BCUT2D eigenvalue weighted by Gasteiger charge is -2.08. The number of para-hydroxylation sites is 1. The summed E-state index contributed by atoms with van der Waals surface area (Å²) in [5.74, 6) is -0.546. The van der Waals surface area contributed by atoms with E-state index in [2.05, 4.69) is 10.0 Å². The lowest BCUT2D eigenvalue weighted by Crippen LogP contribution is -2.29. The minimum atomic E-state index is -3.26. The SMILES string of the molecule is CS(=O)(=O)NCCCNC(=O)c1cccc([N+](=O)[O-])c1N. The van der Waals surface area contributed by atoms with Crippen molar-refractivity contribution in [2.75, 3.05) is 25.1 Å². The predicted molar refractivity (Wildman–Crippen MR) is 77.3 cm³/mol. The van der Waals surface area contributed by atoms with E-state index in [4.69, 9.17) is 5.73 Å². The van der Waals surface area contributed by atoms with Crippen molar-refractivity contribution in [1.82, 2.24) is 10.0 Å². The number of nitrogens with zero attached hydrogens (tertiary/aromatic N) is 1. The Labute approximate surface area is 121 Å². The Bertz CT molecular complexity index is 644. The molecule has 1 aromatic carbocycles. The Hall–Kier alpha value is -2.20. The molecule has 1 rings (SSSR count). The van der Waals surface area contributed by atoms with E-state index in [1.54, 1.807) is 0 Å². The molecule has 0 fully saturated rings. The van der Waals surface area contributed by atoms with E-state index in [0.717, 1.165) is 6.26 Å². The number of nitro benzene ring substituents is 1. The van der Waals surface area contributed by atoms with Crippen LogP contribution in [-0.2, 0) is 10.0 Å². The number of nitrogens with one attached hydrogen (secondary N) is 2. The van der Waals surface area contributed by atoms with Crippen LogP contribution in [0.15, 0.2) is 18.2 Å². The van der Waals surface area contributed by atoms with E-state index in [9.17, 15) is 23.3 Å². The third kappa shape index (κ3) is 5.36. The molecule has 0 saturated heterocycles. The van der Waals surface area contributed by atoms with Crippen LogP contribution < -0.4 is 15.8 Å². The number of benzene rings is 1. The Morgan fingerprint density at radius 2 is 2.05 bits per heavy atom. The number of nitro groups is 1. The number of nitrogen functional groups attached to an aromatic ring is 1. The zero-order valence-electron chi connectivity index (χ0n) is 11.3. The molecule has 0 radical (unpaired) electrons. The molecule has 0 aromatic heterocycles. The topological polar surface area (TPSA) is 144 Å². The molecule has 0 aliphatic carbocycles. The van der Waals surface area contributed by atoms with Gasteiger partial charge in [-0.25, -0.2) is 13.1 Å². The van der Waals surface area contributed by atoms with Crippen molar-refractivity contribution in [2.24, 2.45) is 0 Å². The molecule has 0 spiro atoms. The first-order chi connectivity index (χ1) is 9.72. The number of carbonyl (C=O) groups excluding carboxylic acids is 1. The molecular weight excluding hydrogens is 300 g/mol. The molecule has 0 heterocycles. The van der Waals surface area contributed by atoms with E-state index in [1.165, 1.54) is 18.2 Å². The summed E-state index contributed by atoms with van der Waals surface area (Å²) in [6.07, 6.45) is 1.42. The molecule has 1 amide bonds. The summed E-state index contributed by atoms with van der Waals surface area (Å²) in [5.41, 5.74) is 5.06. The van der Waals surface area contributed by atoms with E-state index >= 15 is 0 Å².